The fourth-order valence-electron chi connectivity index (χ4n) is 3.73. The van der Waals surface area contributed by atoms with E-state index in [9.17, 15) is 27.2 Å². The Bertz CT molecular complexity index is 1390. The summed E-state index contributed by atoms with van der Waals surface area (Å²) in [6.07, 6.45) is 0.385. The molecule has 0 bridgehead atoms. The minimum absolute atomic E-state index is 0.0250. The number of ether oxygens (including phenoxy) is 2. The number of nitrogens with two attached hydrogens (primary N) is 4. The number of halogens is 4. The highest BCUT2D eigenvalue weighted by atomic mass is 19.3. The van der Waals surface area contributed by atoms with Gasteiger partial charge in [0.25, 0.3) is 0 Å². The van der Waals surface area contributed by atoms with E-state index in [0.29, 0.717) is 19.6 Å². The van der Waals surface area contributed by atoms with E-state index in [1.807, 2.05) is 30.3 Å². The van der Waals surface area contributed by atoms with Gasteiger partial charge < -0.3 is 43.0 Å². The van der Waals surface area contributed by atoms with Crippen molar-refractivity contribution in [3.05, 3.63) is 77.4 Å². The molecule has 10 N–H and O–H groups in total. The van der Waals surface area contributed by atoms with Crippen molar-refractivity contribution in [2.75, 3.05) is 48.4 Å². The lowest BCUT2D eigenvalue weighted by molar-refractivity contribution is -0.191. The lowest BCUT2D eigenvalue weighted by atomic mass is 10.1. The van der Waals surface area contributed by atoms with Crippen molar-refractivity contribution in [3.8, 4) is 5.75 Å². The van der Waals surface area contributed by atoms with Gasteiger partial charge in [-0.25, -0.2) is 0 Å². The molecule has 0 radical (unpaired) electrons. The molecule has 0 saturated heterocycles. The minimum atomic E-state index is -4.58. The predicted molar refractivity (Wildman–Crippen MR) is 152 cm³/mol. The molecule has 3 aromatic rings. The van der Waals surface area contributed by atoms with Crippen LogP contribution >= 0.6 is 0 Å². The molecule has 0 aliphatic rings. The first-order valence-corrected chi connectivity index (χ1v) is 12.7. The van der Waals surface area contributed by atoms with Gasteiger partial charge in [-0.3, -0.25) is 9.59 Å². The zero-order valence-electron chi connectivity index (χ0n) is 22.5. The molecular weight excluding hydrogens is 560 g/mol. The number of hydrogen-bond donors (Lipinski definition) is 6. The minimum Gasteiger partial charge on any atom is -0.491 e. The Hall–Kier alpha value is -4.72. The predicted octanol–water partition coefficient (Wildman–Crippen LogP) is 3.83. The van der Waals surface area contributed by atoms with Crippen molar-refractivity contribution in [1.29, 1.82) is 0 Å². The summed E-state index contributed by atoms with van der Waals surface area (Å²) in [5.41, 5.74) is 22.4. The Labute approximate surface area is 239 Å². The van der Waals surface area contributed by atoms with Crippen molar-refractivity contribution in [3.63, 3.8) is 0 Å². The van der Waals surface area contributed by atoms with Gasteiger partial charge in [-0.1, -0.05) is 30.3 Å². The zero-order valence-corrected chi connectivity index (χ0v) is 22.5. The fourth-order valence-corrected chi connectivity index (χ4v) is 3.73. The normalized spacial score (nSPS) is 11.6. The first-order valence-electron chi connectivity index (χ1n) is 12.7. The molecule has 226 valence electrons. The summed E-state index contributed by atoms with van der Waals surface area (Å²) < 4.78 is 70.0. The number of nitrogen functional groups attached to an aromatic ring is 2. The van der Waals surface area contributed by atoms with E-state index in [-0.39, 0.29) is 46.2 Å². The van der Waals surface area contributed by atoms with Crippen molar-refractivity contribution in [2.45, 2.75) is 24.9 Å². The average Bonchev–Trinajstić information content (AvgIpc) is 2.93. The van der Waals surface area contributed by atoms with Crippen LogP contribution in [0.25, 0.3) is 0 Å². The largest absolute Gasteiger partial charge is 0.491 e. The zero-order chi connectivity index (χ0) is 30.9. The number of alkyl halides is 4. The molecule has 2 amide bonds. The third-order valence-corrected chi connectivity index (χ3v) is 6.08. The standard InChI is InChI=1S/C28H32F4N6O4/c29-27(30,15-37-22-8-7-18(25(35)39)11-20(22)33)28(31,32)16-38-24-21(34)12-19(26(36)40)13-23(24)42-10-4-9-41-14-17-5-2-1-3-6-17/h1-3,5-8,11-13,37-38H,4,9-10,14-16,33-34H2,(H2,35,39)(H2,36,40). The van der Waals surface area contributed by atoms with Crippen molar-refractivity contribution < 1.29 is 36.6 Å². The first kappa shape index (κ1) is 31.8. The molecule has 0 heterocycles. The monoisotopic (exact) mass is 592 g/mol. The highest BCUT2D eigenvalue weighted by Gasteiger charge is 2.55. The van der Waals surface area contributed by atoms with Gasteiger partial charge in [-0.15, -0.1) is 0 Å². The van der Waals surface area contributed by atoms with E-state index in [4.69, 9.17) is 32.4 Å². The number of carbonyl (C=O) groups excluding carboxylic acids is 2. The third kappa shape index (κ3) is 8.39. The number of hydrogen-bond acceptors (Lipinski definition) is 8. The molecule has 3 rings (SSSR count). The smallest absolute Gasteiger partial charge is 0.328 e. The molecule has 3 aromatic carbocycles. The number of anilines is 4. The molecule has 42 heavy (non-hydrogen) atoms. The van der Waals surface area contributed by atoms with E-state index in [2.05, 4.69) is 10.6 Å². The first-order chi connectivity index (χ1) is 19.8. The lowest BCUT2D eigenvalue weighted by Crippen LogP contribution is -2.50. The van der Waals surface area contributed by atoms with E-state index >= 15 is 0 Å². The number of rotatable bonds is 16. The van der Waals surface area contributed by atoms with Crippen LogP contribution in [0.2, 0.25) is 0 Å². The summed E-state index contributed by atoms with van der Waals surface area (Å²) in [4.78, 5) is 22.9. The molecular formula is C28H32F4N6O4. The molecule has 14 heteroatoms. The number of carbonyl (C=O) groups is 2. The van der Waals surface area contributed by atoms with Gasteiger partial charge in [0.1, 0.15) is 11.4 Å². The Morgan fingerprint density at radius 2 is 1.38 bits per heavy atom. The van der Waals surface area contributed by atoms with Crippen molar-refractivity contribution in [2.24, 2.45) is 11.5 Å². The maximum atomic E-state index is 14.7. The van der Waals surface area contributed by atoms with Crippen LogP contribution in [0.3, 0.4) is 0 Å². The number of amides is 2. The molecule has 0 saturated carbocycles. The summed E-state index contributed by atoms with van der Waals surface area (Å²) in [7, 11) is 0. The SMILES string of the molecule is NC(=O)c1ccc(NCC(F)(F)C(F)(F)CNc2c(N)cc(C(N)=O)cc2OCCCOCc2ccccc2)c(N)c1. The molecule has 0 aliphatic heterocycles. The molecule has 0 spiro atoms. The summed E-state index contributed by atoms with van der Waals surface area (Å²) in [6, 6.07) is 15.3. The Kier molecular flexibility index (Phi) is 10.4. The van der Waals surface area contributed by atoms with Crippen LogP contribution in [-0.4, -0.2) is 50.0 Å². The van der Waals surface area contributed by atoms with Gasteiger partial charge >= 0.3 is 11.8 Å². The highest BCUT2D eigenvalue weighted by molar-refractivity contribution is 5.96. The summed E-state index contributed by atoms with van der Waals surface area (Å²) in [6.45, 7) is -2.30. The third-order valence-electron chi connectivity index (χ3n) is 6.08. The maximum Gasteiger partial charge on any atom is 0.328 e. The van der Waals surface area contributed by atoms with E-state index in [1.54, 1.807) is 0 Å². The van der Waals surface area contributed by atoms with Gasteiger partial charge in [-0.05, 0) is 35.9 Å². The molecule has 0 aromatic heterocycles. The Morgan fingerprint density at radius 3 is 2.00 bits per heavy atom. The van der Waals surface area contributed by atoms with Crippen LogP contribution in [0.5, 0.6) is 5.75 Å². The van der Waals surface area contributed by atoms with Crippen LogP contribution in [0.1, 0.15) is 32.7 Å². The van der Waals surface area contributed by atoms with E-state index < -0.39 is 36.7 Å². The van der Waals surface area contributed by atoms with Gasteiger partial charge in [0.15, 0.2) is 0 Å². The highest BCUT2D eigenvalue weighted by Crippen LogP contribution is 2.38. The molecule has 0 aliphatic carbocycles. The second-order valence-corrected chi connectivity index (χ2v) is 9.33. The van der Waals surface area contributed by atoms with Gasteiger partial charge in [0, 0.05) is 17.5 Å². The van der Waals surface area contributed by atoms with Crippen LogP contribution in [0, 0.1) is 0 Å². The van der Waals surface area contributed by atoms with Crippen molar-refractivity contribution in [1.82, 2.24) is 0 Å². The van der Waals surface area contributed by atoms with Crippen molar-refractivity contribution >= 4 is 34.6 Å². The molecule has 0 unspecified atom stereocenters. The maximum absolute atomic E-state index is 14.7. The second kappa shape index (κ2) is 13.8. The topological polar surface area (TPSA) is 181 Å². The Morgan fingerprint density at radius 1 is 0.762 bits per heavy atom. The van der Waals surface area contributed by atoms with Gasteiger partial charge in [-0.2, -0.15) is 17.6 Å². The summed E-state index contributed by atoms with van der Waals surface area (Å²) >= 11 is 0. The molecule has 0 fully saturated rings. The van der Waals surface area contributed by atoms with Crippen LogP contribution in [0.15, 0.2) is 60.7 Å². The Balaban J connectivity index is 1.63. The van der Waals surface area contributed by atoms with Crippen LogP contribution < -0.4 is 38.3 Å². The lowest BCUT2D eigenvalue weighted by Gasteiger charge is -2.28. The van der Waals surface area contributed by atoms with Gasteiger partial charge in [0.2, 0.25) is 11.8 Å². The van der Waals surface area contributed by atoms with Crippen LogP contribution in [-0.2, 0) is 11.3 Å². The summed E-state index contributed by atoms with van der Waals surface area (Å²) in [5, 5.41) is 4.40. The van der Waals surface area contributed by atoms with E-state index in [0.717, 1.165) is 17.7 Å². The van der Waals surface area contributed by atoms with Gasteiger partial charge in [0.05, 0.1) is 50.0 Å². The number of benzene rings is 3. The van der Waals surface area contributed by atoms with E-state index in [1.165, 1.54) is 18.2 Å². The average molecular weight is 593 g/mol. The number of nitrogens with one attached hydrogen (secondary N) is 2. The molecule has 10 nitrogen and oxygen atoms in total. The quantitative estimate of drug-likeness (QED) is 0.0825. The summed E-state index contributed by atoms with van der Waals surface area (Å²) in [5.74, 6) is -10.9. The fraction of sp³-hybridized carbons (Fsp3) is 0.286. The van der Waals surface area contributed by atoms with Crippen LogP contribution in [0.4, 0.5) is 40.3 Å². The molecule has 0 atom stereocenters. The second-order valence-electron chi connectivity index (χ2n) is 9.33. The number of primary amides is 2.